The Morgan fingerprint density at radius 2 is 1.73 bits per heavy atom. The summed E-state index contributed by atoms with van der Waals surface area (Å²) in [5, 5.41) is 0. The van der Waals surface area contributed by atoms with Crippen LogP contribution in [0.2, 0.25) is 0 Å². The van der Waals surface area contributed by atoms with E-state index in [1.54, 1.807) is 23.1 Å². The minimum Gasteiger partial charge on any atom is -0.449 e. The van der Waals surface area contributed by atoms with Gasteiger partial charge in [0.2, 0.25) is 0 Å². The van der Waals surface area contributed by atoms with Crippen LogP contribution >= 0.6 is 0 Å². The molecule has 4 nitrogen and oxygen atoms in total. The maximum Gasteiger partial charge on any atom is 0.294 e. The first kappa shape index (κ1) is 18.1. The summed E-state index contributed by atoms with van der Waals surface area (Å²) in [6.07, 6.45) is 1.80. The van der Waals surface area contributed by atoms with Crippen LogP contribution in [0.25, 0.3) is 6.08 Å². The first-order valence-corrected chi connectivity index (χ1v) is 8.90. The van der Waals surface area contributed by atoms with Gasteiger partial charge in [0.05, 0.1) is 5.69 Å². The predicted octanol–water partition coefficient (Wildman–Crippen LogP) is 4.74. The molecule has 1 aliphatic heterocycles. The van der Waals surface area contributed by atoms with Crippen molar-refractivity contribution in [2.45, 2.75) is 46.1 Å². The van der Waals surface area contributed by atoms with Crippen molar-refractivity contribution in [3.8, 4) is 5.75 Å². The highest BCUT2D eigenvalue weighted by atomic mass is 16.5. The van der Waals surface area contributed by atoms with Gasteiger partial charge in [0.1, 0.15) is 0 Å². The summed E-state index contributed by atoms with van der Waals surface area (Å²) in [5.74, 6) is 0.808. The lowest BCUT2D eigenvalue weighted by Crippen LogP contribution is -2.42. The molecule has 0 radical (unpaired) electrons. The number of amides is 1. The Hall–Kier alpha value is -2.75. The van der Waals surface area contributed by atoms with Crippen LogP contribution in [0.3, 0.4) is 0 Å². The van der Waals surface area contributed by atoms with E-state index in [1.165, 1.54) is 5.56 Å². The first-order chi connectivity index (χ1) is 12.2. The topological polar surface area (TPSA) is 55.6 Å². The third-order valence-corrected chi connectivity index (χ3v) is 4.48. The number of fused-ring (bicyclic) bond motifs is 1. The zero-order valence-electron chi connectivity index (χ0n) is 16.0. The number of hydrogen-bond acceptors (Lipinski definition) is 3. The number of rotatable bonds is 2. The predicted molar refractivity (Wildman–Crippen MR) is 107 cm³/mol. The van der Waals surface area contributed by atoms with Crippen molar-refractivity contribution in [3.63, 3.8) is 0 Å². The van der Waals surface area contributed by atoms with Crippen LogP contribution in [0.15, 0.2) is 48.2 Å². The van der Waals surface area contributed by atoms with Gasteiger partial charge in [-0.1, -0.05) is 45.0 Å². The van der Waals surface area contributed by atoms with Gasteiger partial charge in [-0.3, -0.25) is 9.69 Å². The van der Waals surface area contributed by atoms with Gasteiger partial charge < -0.3 is 10.5 Å². The average molecular weight is 350 g/mol. The summed E-state index contributed by atoms with van der Waals surface area (Å²) in [7, 11) is 0. The fourth-order valence-corrected chi connectivity index (χ4v) is 3.03. The molecule has 2 aromatic carbocycles. The molecule has 0 bridgehead atoms. The monoisotopic (exact) mass is 350 g/mol. The van der Waals surface area contributed by atoms with Crippen LogP contribution in [0, 0.1) is 0 Å². The molecule has 0 aromatic heterocycles. The van der Waals surface area contributed by atoms with E-state index in [1.807, 2.05) is 32.0 Å². The maximum absolute atomic E-state index is 13.0. The molecular formula is C22H26N2O2. The van der Waals surface area contributed by atoms with E-state index in [9.17, 15) is 4.79 Å². The molecule has 136 valence electrons. The lowest BCUT2D eigenvalue weighted by molar-refractivity contribution is -0.117. The van der Waals surface area contributed by atoms with Crippen molar-refractivity contribution in [2.75, 3.05) is 10.6 Å². The number of ether oxygens (including phenoxy) is 1. The SMILES string of the molecule is CC(C)N1C(=O)/C(=C\c2ccc(C(C)(C)C)cc2)Oc2ccc(N)cc21. The molecule has 26 heavy (non-hydrogen) atoms. The highest BCUT2D eigenvalue weighted by Gasteiger charge is 2.32. The van der Waals surface area contributed by atoms with Crippen LogP contribution in [-0.4, -0.2) is 11.9 Å². The van der Waals surface area contributed by atoms with Crippen molar-refractivity contribution in [3.05, 3.63) is 59.4 Å². The standard InChI is InChI=1S/C22H26N2O2/c1-14(2)24-18-13-17(23)10-11-19(18)26-20(21(24)25)12-15-6-8-16(9-7-15)22(3,4)5/h6-14H,23H2,1-5H3/b20-12+. The van der Waals surface area contributed by atoms with Crippen LogP contribution in [-0.2, 0) is 10.2 Å². The molecule has 1 heterocycles. The second kappa shape index (κ2) is 6.52. The Balaban J connectivity index is 1.99. The smallest absolute Gasteiger partial charge is 0.294 e. The molecule has 3 rings (SSSR count). The summed E-state index contributed by atoms with van der Waals surface area (Å²) in [5.41, 5.74) is 9.49. The van der Waals surface area contributed by atoms with Gasteiger partial charge in [0.15, 0.2) is 11.5 Å². The van der Waals surface area contributed by atoms with E-state index in [0.29, 0.717) is 22.9 Å². The molecular weight excluding hydrogens is 324 g/mol. The molecule has 0 fully saturated rings. The second-order valence-corrected chi connectivity index (χ2v) is 7.98. The van der Waals surface area contributed by atoms with Gasteiger partial charge >= 0.3 is 0 Å². The van der Waals surface area contributed by atoms with Crippen LogP contribution in [0.4, 0.5) is 11.4 Å². The van der Waals surface area contributed by atoms with Crippen LogP contribution in [0.1, 0.15) is 45.7 Å². The van der Waals surface area contributed by atoms with Gasteiger partial charge in [0, 0.05) is 11.7 Å². The molecule has 2 N–H and O–H groups in total. The van der Waals surface area contributed by atoms with Crippen molar-refractivity contribution < 1.29 is 9.53 Å². The second-order valence-electron chi connectivity index (χ2n) is 7.98. The van der Waals surface area contributed by atoms with Crippen molar-refractivity contribution in [2.24, 2.45) is 0 Å². The van der Waals surface area contributed by atoms with E-state index in [4.69, 9.17) is 10.5 Å². The zero-order chi connectivity index (χ0) is 19.1. The van der Waals surface area contributed by atoms with Crippen LogP contribution in [0.5, 0.6) is 5.75 Å². The minimum absolute atomic E-state index is 0.00128. The number of anilines is 2. The molecule has 0 aliphatic carbocycles. The Labute approximate surface area is 155 Å². The lowest BCUT2D eigenvalue weighted by atomic mass is 9.87. The highest BCUT2D eigenvalue weighted by Crippen LogP contribution is 2.38. The van der Waals surface area contributed by atoms with Crippen molar-refractivity contribution in [1.82, 2.24) is 0 Å². The van der Waals surface area contributed by atoms with Gasteiger partial charge in [-0.15, -0.1) is 0 Å². The molecule has 1 amide bonds. The highest BCUT2D eigenvalue weighted by molar-refractivity contribution is 6.10. The molecule has 0 spiro atoms. The van der Waals surface area contributed by atoms with E-state index >= 15 is 0 Å². The van der Waals surface area contributed by atoms with E-state index in [2.05, 4.69) is 32.9 Å². The van der Waals surface area contributed by atoms with E-state index in [0.717, 1.165) is 5.56 Å². The van der Waals surface area contributed by atoms with Crippen molar-refractivity contribution in [1.29, 1.82) is 0 Å². The van der Waals surface area contributed by atoms with Gasteiger partial charge in [-0.25, -0.2) is 0 Å². The first-order valence-electron chi connectivity index (χ1n) is 8.90. The summed E-state index contributed by atoms with van der Waals surface area (Å²) in [4.78, 5) is 14.7. The number of carbonyl (C=O) groups excluding carboxylic acids is 1. The largest absolute Gasteiger partial charge is 0.449 e. The normalized spacial score (nSPS) is 16.0. The number of nitrogens with zero attached hydrogens (tertiary/aromatic N) is 1. The third kappa shape index (κ3) is 3.45. The Kier molecular flexibility index (Phi) is 4.53. The fraction of sp³-hybridized carbons (Fsp3) is 0.318. The molecule has 4 heteroatoms. The fourth-order valence-electron chi connectivity index (χ4n) is 3.03. The average Bonchev–Trinajstić information content (AvgIpc) is 2.55. The summed E-state index contributed by atoms with van der Waals surface area (Å²) < 4.78 is 5.90. The zero-order valence-corrected chi connectivity index (χ0v) is 16.0. The number of nitrogens with two attached hydrogens (primary N) is 1. The van der Waals surface area contributed by atoms with Gasteiger partial charge in [0.25, 0.3) is 5.91 Å². The molecule has 0 unspecified atom stereocenters. The molecule has 2 aromatic rings. The number of carbonyl (C=O) groups is 1. The number of nitrogen functional groups attached to an aromatic ring is 1. The maximum atomic E-state index is 13.0. The molecule has 1 aliphatic rings. The molecule has 0 saturated carbocycles. The van der Waals surface area contributed by atoms with E-state index < -0.39 is 0 Å². The van der Waals surface area contributed by atoms with Gasteiger partial charge in [-0.2, -0.15) is 0 Å². The third-order valence-electron chi connectivity index (χ3n) is 4.48. The quantitative estimate of drug-likeness (QED) is 0.628. The Morgan fingerprint density at radius 1 is 1.08 bits per heavy atom. The van der Waals surface area contributed by atoms with Crippen molar-refractivity contribution >= 4 is 23.4 Å². The minimum atomic E-state index is -0.155. The molecule has 0 atom stereocenters. The van der Waals surface area contributed by atoms with E-state index in [-0.39, 0.29) is 17.4 Å². The molecule has 0 saturated heterocycles. The summed E-state index contributed by atoms with van der Waals surface area (Å²) >= 11 is 0. The summed E-state index contributed by atoms with van der Waals surface area (Å²) in [6, 6.07) is 13.6. The van der Waals surface area contributed by atoms with Crippen LogP contribution < -0.4 is 15.4 Å². The number of benzene rings is 2. The summed E-state index contributed by atoms with van der Waals surface area (Å²) in [6.45, 7) is 10.5. The Morgan fingerprint density at radius 3 is 2.31 bits per heavy atom. The lowest BCUT2D eigenvalue weighted by Gasteiger charge is -2.33. The van der Waals surface area contributed by atoms with Gasteiger partial charge in [-0.05, 0) is 54.7 Å². The number of hydrogen-bond donors (Lipinski definition) is 1. The Bertz CT molecular complexity index is 859.